The van der Waals surface area contributed by atoms with E-state index in [9.17, 15) is 9.59 Å². The van der Waals surface area contributed by atoms with Gasteiger partial charge in [-0.05, 0) is 23.8 Å². The number of benzene rings is 2. The number of nitrogens with two attached hydrogens (primary N) is 1. The molecule has 0 saturated heterocycles. The summed E-state index contributed by atoms with van der Waals surface area (Å²) in [4.78, 5) is 27.7. The van der Waals surface area contributed by atoms with E-state index in [1.165, 1.54) is 16.8 Å². The lowest BCUT2D eigenvalue weighted by Gasteiger charge is -2.19. The predicted molar refractivity (Wildman–Crippen MR) is 99.9 cm³/mol. The average Bonchev–Trinajstić information content (AvgIpc) is 2.70. The van der Waals surface area contributed by atoms with Crippen LogP contribution in [0.15, 0.2) is 77.7 Å². The molecule has 0 aliphatic rings. The molecule has 0 saturated carbocycles. The monoisotopic (exact) mass is 365 g/mol. The molecule has 2 aromatic carbocycles. The molecule has 3 rings (SSSR count). The first-order valence-corrected chi connectivity index (χ1v) is 8.35. The lowest BCUT2D eigenvalue weighted by molar-refractivity contribution is -0.0376. The molecule has 7 heteroatoms. The maximum absolute atomic E-state index is 12.2. The Balaban J connectivity index is 1.69. The van der Waals surface area contributed by atoms with Crippen LogP contribution in [0.25, 0.3) is 0 Å². The second-order valence-electron chi connectivity index (χ2n) is 5.76. The topological polar surface area (TPSA) is 96.4 Å². The standard InChI is InChI=1S/C20H19N3O4/c21-18-11-12-23(20(25)22-18)14-27-17(15-7-3-1-4-8-15)13-26-19(24)16-9-5-2-6-10-16/h1-12,17H,13-14H2,(H2,21,22,25)/t17-/m0/s1. The number of nitrogens with zero attached hydrogens (tertiary/aromatic N) is 2. The molecule has 0 radical (unpaired) electrons. The van der Waals surface area contributed by atoms with Crippen LogP contribution >= 0.6 is 0 Å². The number of carbonyl (C=O) groups excluding carboxylic acids is 1. The van der Waals surface area contributed by atoms with Crippen molar-refractivity contribution in [1.82, 2.24) is 9.55 Å². The van der Waals surface area contributed by atoms with Crippen LogP contribution in [0.4, 0.5) is 5.82 Å². The van der Waals surface area contributed by atoms with E-state index < -0.39 is 17.8 Å². The number of nitrogen functional groups attached to an aromatic ring is 1. The Morgan fingerprint density at radius 1 is 1.04 bits per heavy atom. The van der Waals surface area contributed by atoms with Crippen molar-refractivity contribution >= 4 is 11.8 Å². The Bertz CT molecular complexity index is 942. The van der Waals surface area contributed by atoms with Crippen LogP contribution in [0, 0.1) is 0 Å². The number of hydrogen-bond donors (Lipinski definition) is 1. The first-order chi connectivity index (χ1) is 13.1. The summed E-state index contributed by atoms with van der Waals surface area (Å²) in [5.41, 5.74) is 6.27. The smallest absolute Gasteiger partial charge is 0.351 e. The van der Waals surface area contributed by atoms with Gasteiger partial charge in [0.05, 0.1) is 5.56 Å². The third-order valence-electron chi connectivity index (χ3n) is 3.86. The van der Waals surface area contributed by atoms with Crippen LogP contribution in [0.5, 0.6) is 0 Å². The van der Waals surface area contributed by atoms with E-state index in [4.69, 9.17) is 15.2 Å². The third kappa shape index (κ3) is 5.02. The zero-order chi connectivity index (χ0) is 19.1. The Labute approximate surface area is 156 Å². The highest BCUT2D eigenvalue weighted by molar-refractivity contribution is 5.89. The van der Waals surface area contributed by atoms with Crippen LogP contribution in [-0.2, 0) is 16.2 Å². The Kier molecular flexibility index (Phi) is 5.96. The van der Waals surface area contributed by atoms with Gasteiger partial charge < -0.3 is 15.2 Å². The first kappa shape index (κ1) is 18.3. The summed E-state index contributed by atoms with van der Waals surface area (Å²) in [6.45, 7) is -0.0382. The summed E-state index contributed by atoms with van der Waals surface area (Å²) in [6, 6.07) is 19.6. The van der Waals surface area contributed by atoms with Gasteiger partial charge in [0.1, 0.15) is 25.3 Å². The van der Waals surface area contributed by atoms with E-state index in [-0.39, 0.29) is 19.2 Å². The van der Waals surface area contributed by atoms with Gasteiger partial charge in [-0.1, -0.05) is 48.5 Å². The molecule has 0 aliphatic heterocycles. The van der Waals surface area contributed by atoms with Crippen LogP contribution in [0.1, 0.15) is 22.0 Å². The van der Waals surface area contributed by atoms with Crippen LogP contribution < -0.4 is 11.4 Å². The van der Waals surface area contributed by atoms with Gasteiger partial charge in [0, 0.05) is 6.20 Å². The normalized spacial score (nSPS) is 11.7. The molecular weight excluding hydrogens is 346 g/mol. The number of hydrogen-bond acceptors (Lipinski definition) is 6. The van der Waals surface area contributed by atoms with Crippen molar-refractivity contribution in [2.75, 3.05) is 12.3 Å². The molecule has 27 heavy (non-hydrogen) atoms. The highest BCUT2D eigenvalue weighted by Crippen LogP contribution is 2.19. The molecule has 1 atom stereocenters. The molecule has 1 aromatic heterocycles. The number of ether oxygens (including phenoxy) is 2. The maximum atomic E-state index is 12.2. The molecule has 2 N–H and O–H groups in total. The van der Waals surface area contributed by atoms with Crippen LogP contribution in [0.3, 0.4) is 0 Å². The fourth-order valence-electron chi connectivity index (χ4n) is 2.43. The van der Waals surface area contributed by atoms with Crippen molar-refractivity contribution in [2.45, 2.75) is 12.8 Å². The Morgan fingerprint density at radius 3 is 2.37 bits per heavy atom. The zero-order valence-electron chi connectivity index (χ0n) is 14.5. The van der Waals surface area contributed by atoms with E-state index in [0.717, 1.165) is 5.56 Å². The van der Waals surface area contributed by atoms with E-state index in [1.54, 1.807) is 24.3 Å². The molecule has 0 bridgehead atoms. The van der Waals surface area contributed by atoms with Crippen LogP contribution in [-0.4, -0.2) is 22.1 Å². The van der Waals surface area contributed by atoms with E-state index in [0.29, 0.717) is 5.56 Å². The summed E-state index contributed by atoms with van der Waals surface area (Å²) in [6.07, 6.45) is 0.964. The highest BCUT2D eigenvalue weighted by atomic mass is 16.6. The SMILES string of the molecule is Nc1ccn(CO[C@@H](COC(=O)c2ccccc2)c2ccccc2)c(=O)n1. The van der Waals surface area contributed by atoms with E-state index in [1.807, 2.05) is 36.4 Å². The molecule has 0 unspecified atom stereocenters. The fraction of sp³-hybridized carbons (Fsp3) is 0.150. The van der Waals surface area contributed by atoms with Gasteiger partial charge in [0.2, 0.25) is 0 Å². The van der Waals surface area contributed by atoms with Gasteiger partial charge in [-0.15, -0.1) is 0 Å². The number of esters is 1. The van der Waals surface area contributed by atoms with Gasteiger partial charge in [-0.25, -0.2) is 9.59 Å². The second kappa shape index (κ2) is 8.77. The van der Waals surface area contributed by atoms with Gasteiger partial charge in [0.25, 0.3) is 0 Å². The summed E-state index contributed by atoms with van der Waals surface area (Å²) >= 11 is 0. The van der Waals surface area contributed by atoms with Crippen molar-refractivity contribution in [2.24, 2.45) is 0 Å². The molecule has 7 nitrogen and oxygen atoms in total. The maximum Gasteiger partial charge on any atom is 0.351 e. The Hall–Kier alpha value is -3.45. The molecule has 0 spiro atoms. The quantitative estimate of drug-likeness (QED) is 0.646. The number of rotatable bonds is 7. The number of anilines is 1. The van der Waals surface area contributed by atoms with Crippen molar-refractivity contribution in [3.63, 3.8) is 0 Å². The minimum atomic E-state index is -0.539. The zero-order valence-corrected chi connectivity index (χ0v) is 14.5. The highest BCUT2D eigenvalue weighted by Gasteiger charge is 2.16. The van der Waals surface area contributed by atoms with Gasteiger partial charge in [0.15, 0.2) is 0 Å². The minimum Gasteiger partial charge on any atom is -0.459 e. The van der Waals surface area contributed by atoms with E-state index >= 15 is 0 Å². The average molecular weight is 365 g/mol. The largest absolute Gasteiger partial charge is 0.459 e. The molecular formula is C20H19N3O4. The molecule has 0 fully saturated rings. The summed E-state index contributed by atoms with van der Waals surface area (Å²) < 4.78 is 12.5. The fourth-order valence-corrected chi connectivity index (χ4v) is 2.43. The Morgan fingerprint density at radius 2 is 1.70 bits per heavy atom. The number of aromatic nitrogens is 2. The molecule has 0 amide bonds. The lowest BCUT2D eigenvalue weighted by Crippen LogP contribution is -2.26. The van der Waals surface area contributed by atoms with Crippen molar-refractivity contribution < 1.29 is 14.3 Å². The van der Waals surface area contributed by atoms with Crippen molar-refractivity contribution in [1.29, 1.82) is 0 Å². The summed E-state index contributed by atoms with van der Waals surface area (Å²) in [7, 11) is 0. The van der Waals surface area contributed by atoms with Gasteiger partial charge in [-0.2, -0.15) is 4.98 Å². The van der Waals surface area contributed by atoms with E-state index in [2.05, 4.69) is 4.98 Å². The molecule has 0 aliphatic carbocycles. The van der Waals surface area contributed by atoms with Crippen molar-refractivity contribution in [3.8, 4) is 0 Å². The predicted octanol–water partition coefficient (Wildman–Crippen LogP) is 2.40. The minimum absolute atomic E-state index is 0.00882. The summed E-state index contributed by atoms with van der Waals surface area (Å²) in [5.74, 6) is -0.293. The van der Waals surface area contributed by atoms with Crippen LogP contribution in [0.2, 0.25) is 0 Å². The molecule has 1 heterocycles. The first-order valence-electron chi connectivity index (χ1n) is 8.35. The second-order valence-corrected chi connectivity index (χ2v) is 5.76. The molecule has 138 valence electrons. The van der Waals surface area contributed by atoms with Gasteiger partial charge in [-0.3, -0.25) is 4.57 Å². The number of carbonyl (C=O) groups is 1. The molecule has 3 aromatic rings. The lowest BCUT2D eigenvalue weighted by atomic mass is 10.1. The van der Waals surface area contributed by atoms with Gasteiger partial charge >= 0.3 is 11.7 Å². The summed E-state index contributed by atoms with van der Waals surface area (Å²) in [5, 5.41) is 0. The van der Waals surface area contributed by atoms with Crippen molar-refractivity contribution in [3.05, 3.63) is 94.5 Å². The third-order valence-corrected chi connectivity index (χ3v) is 3.86.